The number of hydrogen-bond donors (Lipinski definition) is 0. The van der Waals surface area contributed by atoms with Crippen LogP contribution in [0.25, 0.3) is 0 Å². The van der Waals surface area contributed by atoms with E-state index >= 15 is 0 Å². The molecule has 30 heavy (non-hydrogen) atoms. The van der Waals surface area contributed by atoms with Crippen molar-refractivity contribution in [3.63, 3.8) is 0 Å². The molecule has 0 N–H and O–H groups in total. The Morgan fingerprint density at radius 2 is 1.00 bits per heavy atom. The lowest BCUT2D eigenvalue weighted by atomic mass is 10.1. The number of benzene rings is 2. The van der Waals surface area contributed by atoms with Crippen LogP contribution in [0.2, 0.25) is 0 Å². The van der Waals surface area contributed by atoms with E-state index in [0.29, 0.717) is 0 Å². The highest BCUT2D eigenvalue weighted by molar-refractivity contribution is 5.98. The van der Waals surface area contributed by atoms with Crippen molar-refractivity contribution in [2.75, 3.05) is 26.2 Å². The highest BCUT2D eigenvalue weighted by Crippen LogP contribution is 2.25. The van der Waals surface area contributed by atoms with E-state index in [1.165, 1.54) is 58.3 Å². The molecule has 1 aliphatic heterocycles. The van der Waals surface area contributed by atoms with Crippen molar-refractivity contribution in [2.45, 2.75) is 13.2 Å². The zero-order valence-electron chi connectivity index (χ0n) is 15.6. The van der Waals surface area contributed by atoms with Crippen LogP contribution in [0.3, 0.4) is 0 Å². The molecule has 0 aliphatic carbocycles. The maximum absolute atomic E-state index is 12.7. The van der Waals surface area contributed by atoms with Crippen molar-refractivity contribution in [3.8, 4) is 11.5 Å². The van der Waals surface area contributed by atoms with E-state index < -0.39 is 25.0 Å². The van der Waals surface area contributed by atoms with Crippen LogP contribution in [-0.2, 0) is 0 Å². The third kappa shape index (κ3) is 5.00. The molecule has 0 atom stereocenters. The maximum Gasteiger partial charge on any atom is 0.387 e. The van der Waals surface area contributed by atoms with Crippen LogP contribution in [-0.4, -0.2) is 61.0 Å². The van der Waals surface area contributed by atoms with Gasteiger partial charge in [0.05, 0.1) is 11.1 Å². The number of para-hydroxylation sites is 2. The van der Waals surface area contributed by atoms with Crippen LogP contribution >= 0.6 is 0 Å². The second-order valence-electron chi connectivity index (χ2n) is 6.33. The Bertz CT molecular complexity index is 828. The quantitative estimate of drug-likeness (QED) is 0.664. The van der Waals surface area contributed by atoms with Crippen LogP contribution in [0.1, 0.15) is 20.7 Å². The fourth-order valence-corrected chi connectivity index (χ4v) is 3.14. The van der Waals surface area contributed by atoms with E-state index in [2.05, 4.69) is 9.47 Å². The van der Waals surface area contributed by atoms with Crippen molar-refractivity contribution < 1.29 is 36.6 Å². The number of carbonyl (C=O) groups is 2. The third-order valence-electron chi connectivity index (χ3n) is 4.52. The monoisotopic (exact) mass is 426 g/mol. The summed E-state index contributed by atoms with van der Waals surface area (Å²) in [5.74, 6) is -1.46. The summed E-state index contributed by atoms with van der Waals surface area (Å²) in [7, 11) is 0. The smallest absolute Gasteiger partial charge is 0.387 e. The van der Waals surface area contributed by atoms with Crippen LogP contribution < -0.4 is 9.47 Å². The van der Waals surface area contributed by atoms with Gasteiger partial charge in [-0.1, -0.05) is 24.3 Å². The molecule has 0 bridgehead atoms. The van der Waals surface area contributed by atoms with Gasteiger partial charge in [-0.15, -0.1) is 0 Å². The van der Waals surface area contributed by atoms with Gasteiger partial charge in [0.1, 0.15) is 11.5 Å². The number of rotatable bonds is 6. The summed E-state index contributed by atoms with van der Waals surface area (Å²) in [6, 6.07) is 11.3. The zero-order valence-corrected chi connectivity index (χ0v) is 15.6. The molecule has 2 aromatic carbocycles. The minimum atomic E-state index is -3.07. The molecule has 1 aliphatic rings. The Kier molecular flexibility index (Phi) is 6.76. The second-order valence-corrected chi connectivity index (χ2v) is 6.33. The molecule has 0 unspecified atom stereocenters. The second kappa shape index (κ2) is 9.47. The van der Waals surface area contributed by atoms with Crippen LogP contribution in [0.4, 0.5) is 17.6 Å². The standard InChI is InChI=1S/C20H18F4N2O4/c21-19(22)29-15-7-3-1-5-13(15)17(27)25-9-11-26(12-10-25)18(28)14-6-2-4-8-16(14)30-20(23)24/h1-8,19-20H,9-12H2. The Morgan fingerprint density at radius 3 is 1.33 bits per heavy atom. The summed E-state index contributed by atoms with van der Waals surface area (Å²) < 4.78 is 59.1. The Morgan fingerprint density at radius 1 is 0.667 bits per heavy atom. The molecular formula is C20H18F4N2O4. The van der Waals surface area contributed by atoms with Gasteiger partial charge in [-0.25, -0.2) is 0 Å². The molecule has 0 aromatic heterocycles. The predicted octanol–water partition coefficient (Wildman–Crippen LogP) is 3.49. The van der Waals surface area contributed by atoms with E-state index in [1.54, 1.807) is 0 Å². The molecular weight excluding hydrogens is 408 g/mol. The number of halogens is 4. The lowest BCUT2D eigenvalue weighted by Gasteiger charge is -2.35. The molecule has 0 saturated carbocycles. The van der Waals surface area contributed by atoms with Gasteiger partial charge < -0.3 is 19.3 Å². The molecule has 0 spiro atoms. The first kappa shape index (κ1) is 21.4. The topological polar surface area (TPSA) is 59.1 Å². The molecule has 1 saturated heterocycles. The summed E-state index contributed by atoms with van der Waals surface area (Å²) in [6.07, 6.45) is 0. The average Bonchev–Trinajstić information content (AvgIpc) is 2.73. The molecule has 2 amide bonds. The van der Waals surface area contributed by atoms with Gasteiger partial charge >= 0.3 is 13.2 Å². The van der Waals surface area contributed by atoms with Crippen molar-refractivity contribution in [2.24, 2.45) is 0 Å². The van der Waals surface area contributed by atoms with Crippen LogP contribution in [0.15, 0.2) is 48.5 Å². The van der Waals surface area contributed by atoms with Crippen LogP contribution in [0.5, 0.6) is 11.5 Å². The number of nitrogens with zero attached hydrogens (tertiary/aromatic N) is 2. The SMILES string of the molecule is O=C(c1ccccc1OC(F)F)N1CCN(C(=O)c2ccccc2OC(F)F)CC1. The lowest BCUT2D eigenvalue weighted by Crippen LogP contribution is -2.50. The number of alkyl halides is 4. The first-order valence-corrected chi connectivity index (χ1v) is 9.03. The Labute approximate surface area is 169 Å². The Balaban J connectivity index is 1.67. The molecule has 1 heterocycles. The van der Waals surface area contributed by atoms with Gasteiger partial charge in [-0.2, -0.15) is 17.6 Å². The minimum absolute atomic E-state index is 0.00624. The number of amides is 2. The van der Waals surface area contributed by atoms with Gasteiger partial charge in [-0.05, 0) is 24.3 Å². The van der Waals surface area contributed by atoms with Crippen LogP contribution in [0, 0.1) is 0 Å². The highest BCUT2D eigenvalue weighted by Gasteiger charge is 2.28. The summed E-state index contributed by atoms with van der Waals surface area (Å²) in [4.78, 5) is 28.3. The number of hydrogen-bond acceptors (Lipinski definition) is 4. The first-order chi connectivity index (χ1) is 14.4. The third-order valence-corrected chi connectivity index (χ3v) is 4.52. The summed E-state index contributed by atoms with van der Waals surface area (Å²) in [5, 5.41) is 0. The zero-order chi connectivity index (χ0) is 21.7. The van der Waals surface area contributed by atoms with Crippen molar-refractivity contribution in [1.29, 1.82) is 0 Å². The number of carbonyl (C=O) groups excluding carboxylic acids is 2. The molecule has 6 nitrogen and oxygen atoms in total. The van der Waals surface area contributed by atoms with E-state index in [4.69, 9.17) is 0 Å². The summed E-state index contributed by atoms with van der Waals surface area (Å²) >= 11 is 0. The van der Waals surface area contributed by atoms with Crippen molar-refractivity contribution in [3.05, 3.63) is 59.7 Å². The van der Waals surface area contributed by atoms with Crippen molar-refractivity contribution in [1.82, 2.24) is 9.80 Å². The number of ether oxygens (including phenoxy) is 2. The van der Waals surface area contributed by atoms with E-state index in [0.717, 1.165) is 0 Å². The molecule has 0 radical (unpaired) electrons. The molecule has 3 rings (SSSR count). The summed E-state index contributed by atoms with van der Waals surface area (Å²) in [5.41, 5.74) is -0.0125. The first-order valence-electron chi connectivity index (χ1n) is 9.03. The summed E-state index contributed by atoms with van der Waals surface area (Å²) in [6.45, 7) is -5.55. The number of piperazine rings is 1. The minimum Gasteiger partial charge on any atom is -0.434 e. The van der Waals surface area contributed by atoms with Crippen molar-refractivity contribution >= 4 is 11.8 Å². The fourth-order valence-electron chi connectivity index (χ4n) is 3.14. The largest absolute Gasteiger partial charge is 0.434 e. The molecule has 160 valence electrons. The van der Waals surface area contributed by atoms with E-state index in [9.17, 15) is 27.2 Å². The molecule has 10 heteroatoms. The van der Waals surface area contributed by atoms with Gasteiger partial charge in [0.25, 0.3) is 11.8 Å². The normalized spacial score (nSPS) is 14.2. The maximum atomic E-state index is 12.7. The van der Waals surface area contributed by atoms with E-state index in [-0.39, 0.29) is 48.8 Å². The average molecular weight is 426 g/mol. The molecule has 1 fully saturated rings. The van der Waals surface area contributed by atoms with Gasteiger partial charge in [0.2, 0.25) is 0 Å². The van der Waals surface area contributed by atoms with Gasteiger partial charge in [-0.3, -0.25) is 9.59 Å². The highest BCUT2D eigenvalue weighted by atomic mass is 19.3. The molecule has 2 aromatic rings. The fraction of sp³-hybridized carbons (Fsp3) is 0.300. The van der Waals surface area contributed by atoms with Gasteiger partial charge in [0.15, 0.2) is 0 Å². The van der Waals surface area contributed by atoms with Gasteiger partial charge in [0, 0.05) is 26.2 Å². The Hall–Kier alpha value is -3.30. The lowest BCUT2D eigenvalue weighted by molar-refractivity contribution is -0.0511. The predicted molar refractivity (Wildman–Crippen MR) is 98.0 cm³/mol. The van der Waals surface area contributed by atoms with E-state index in [1.807, 2.05) is 0 Å².